The van der Waals surface area contributed by atoms with Gasteiger partial charge in [-0.05, 0) is 18.2 Å². The predicted octanol–water partition coefficient (Wildman–Crippen LogP) is 2.77. The number of para-hydroxylation sites is 2. The highest BCUT2D eigenvalue weighted by molar-refractivity contribution is 5.75. The number of rotatable bonds is 2. The van der Waals surface area contributed by atoms with Gasteiger partial charge in [-0.3, -0.25) is 4.98 Å². The second-order valence-electron chi connectivity index (χ2n) is 5.93. The van der Waals surface area contributed by atoms with E-state index in [1.54, 1.807) is 11.1 Å². The summed E-state index contributed by atoms with van der Waals surface area (Å²) in [5.74, 6) is 0.859. The molecule has 9 heteroatoms. The molecule has 3 aromatic rings. The summed E-state index contributed by atoms with van der Waals surface area (Å²) in [6.07, 6.45) is -1.61. The third kappa shape index (κ3) is 3.24. The van der Waals surface area contributed by atoms with Crippen LogP contribution in [0.25, 0.3) is 11.0 Å². The standard InChI is InChI=1S/C17H15F3N6/c18-17(19,20)14-5-6-21-16(24-14)26-9-7-25(8-10-26)15-11-22-12-3-1-2-4-13(12)23-15/h1-6,11H,7-10H2. The lowest BCUT2D eigenvalue weighted by molar-refractivity contribution is -0.141. The van der Waals surface area contributed by atoms with Crippen molar-refractivity contribution in [2.45, 2.75) is 6.18 Å². The first-order chi connectivity index (χ1) is 12.5. The van der Waals surface area contributed by atoms with E-state index >= 15 is 0 Å². The van der Waals surface area contributed by atoms with E-state index in [2.05, 4.69) is 24.8 Å². The zero-order valence-corrected chi connectivity index (χ0v) is 13.7. The third-order valence-electron chi connectivity index (χ3n) is 4.26. The first kappa shape index (κ1) is 16.5. The van der Waals surface area contributed by atoms with Crippen LogP contribution >= 0.6 is 0 Å². The van der Waals surface area contributed by atoms with E-state index in [0.29, 0.717) is 26.2 Å². The molecule has 3 heterocycles. The molecule has 0 unspecified atom stereocenters. The Balaban J connectivity index is 1.48. The molecule has 6 nitrogen and oxygen atoms in total. The van der Waals surface area contributed by atoms with Gasteiger partial charge in [0.15, 0.2) is 0 Å². The number of anilines is 2. The van der Waals surface area contributed by atoms with Gasteiger partial charge in [-0.15, -0.1) is 0 Å². The Hall–Kier alpha value is -2.97. The summed E-state index contributed by atoms with van der Waals surface area (Å²) in [4.78, 5) is 20.5. The maximum atomic E-state index is 12.8. The number of hydrogen-bond acceptors (Lipinski definition) is 6. The molecule has 0 aliphatic carbocycles. The molecule has 2 aromatic heterocycles. The van der Waals surface area contributed by atoms with Gasteiger partial charge in [0, 0.05) is 32.4 Å². The fourth-order valence-corrected chi connectivity index (χ4v) is 2.89. The maximum absolute atomic E-state index is 12.8. The highest BCUT2D eigenvalue weighted by atomic mass is 19.4. The second kappa shape index (κ2) is 6.40. The zero-order valence-electron chi connectivity index (χ0n) is 13.7. The summed E-state index contributed by atoms with van der Waals surface area (Å²) in [5.41, 5.74) is 0.714. The molecule has 4 rings (SSSR count). The summed E-state index contributed by atoms with van der Waals surface area (Å²) >= 11 is 0. The van der Waals surface area contributed by atoms with E-state index < -0.39 is 11.9 Å². The van der Waals surface area contributed by atoms with Gasteiger partial charge in [-0.2, -0.15) is 13.2 Å². The van der Waals surface area contributed by atoms with Crippen molar-refractivity contribution in [3.8, 4) is 0 Å². The Morgan fingerprint density at radius 3 is 2.23 bits per heavy atom. The summed E-state index contributed by atoms with van der Waals surface area (Å²) in [5, 5.41) is 0. The summed E-state index contributed by atoms with van der Waals surface area (Å²) in [6, 6.07) is 8.49. The van der Waals surface area contributed by atoms with Crippen LogP contribution in [0.1, 0.15) is 5.69 Å². The quantitative estimate of drug-likeness (QED) is 0.700. The number of nitrogens with zero attached hydrogens (tertiary/aromatic N) is 6. The van der Waals surface area contributed by atoms with Gasteiger partial charge in [0.1, 0.15) is 11.5 Å². The first-order valence-electron chi connectivity index (χ1n) is 8.13. The number of alkyl halides is 3. The molecule has 0 atom stereocenters. The SMILES string of the molecule is FC(F)(F)c1ccnc(N2CCN(c3cnc4ccccc4n3)CC2)n1. The fourth-order valence-electron chi connectivity index (χ4n) is 2.89. The van der Waals surface area contributed by atoms with Crippen molar-refractivity contribution in [3.05, 3.63) is 48.4 Å². The number of fused-ring (bicyclic) bond motifs is 1. The topological polar surface area (TPSA) is 58.0 Å². The van der Waals surface area contributed by atoms with Crippen LogP contribution in [0.15, 0.2) is 42.7 Å². The molecule has 0 bridgehead atoms. The minimum atomic E-state index is -4.47. The lowest BCUT2D eigenvalue weighted by atomic mass is 10.3. The van der Waals surface area contributed by atoms with Gasteiger partial charge < -0.3 is 9.80 Å². The fraction of sp³-hybridized carbons (Fsp3) is 0.294. The minimum Gasteiger partial charge on any atom is -0.352 e. The van der Waals surface area contributed by atoms with Crippen LogP contribution in [-0.4, -0.2) is 46.1 Å². The van der Waals surface area contributed by atoms with Crippen molar-refractivity contribution in [2.75, 3.05) is 36.0 Å². The Kier molecular flexibility index (Phi) is 4.06. The molecule has 1 aliphatic heterocycles. The van der Waals surface area contributed by atoms with Crippen LogP contribution in [0.5, 0.6) is 0 Å². The molecule has 0 spiro atoms. The van der Waals surface area contributed by atoms with Gasteiger partial charge in [0.05, 0.1) is 17.2 Å². The third-order valence-corrected chi connectivity index (χ3v) is 4.26. The van der Waals surface area contributed by atoms with Gasteiger partial charge in [0.25, 0.3) is 0 Å². The highest BCUT2D eigenvalue weighted by Crippen LogP contribution is 2.28. The maximum Gasteiger partial charge on any atom is 0.433 e. The molecule has 1 saturated heterocycles. The Bertz CT molecular complexity index is 922. The highest BCUT2D eigenvalue weighted by Gasteiger charge is 2.33. The van der Waals surface area contributed by atoms with E-state index in [9.17, 15) is 13.2 Å². The van der Waals surface area contributed by atoms with E-state index in [1.807, 2.05) is 24.3 Å². The normalized spacial score (nSPS) is 15.5. The molecule has 1 fully saturated rings. The second-order valence-corrected chi connectivity index (χ2v) is 5.93. The number of halogens is 3. The predicted molar refractivity (Wildman–Crippen MR) is 91.0 cm³/mol. The van der Waals surface area contributed by atoms with Crippen LogP contribution in [-0.2, 0) is 6.18 Å². The lowest BCUT2D eigenvalue weighted by Crippen LogP contribution is -2.47. The van der Waals surface area contributed by atoms with Gasteiger partial charge in [-0.25, -0.2) is 15.0 Å². The monoisotopic (exact) mass is 360 g/mol. The van der Waals surface area contributed by atoms with Gasteiger partial charge >= 0.3 is 6.18 Å². The van der Waals surface area contributed by atoms with Crippen molar-refractivity contribution < 1.29 is 13.2 Å². The molecule has 0 radical (unpaired) electrons. The molecule has 0 N–H and O–H groups in total. The average molecular weight is 360 g/mol. The molecule has 26 heavy (non-hydrogen) atoms. The van der Waals surface area contributed by atoms with E-state index in [-0.39, 0.29) is 5.95 Å². The van der Waals surface area contributed by atoms with Crippen molar-refractivity contribution in [2.24, 2.45) is 0 Å². The summed E-state index contributed by atoms with van der Waals surface area (Å²) in [6.45, 7) is 2.23. The van der Waals surface area contributed by atoms with E-state index in [1.165, 1.54) is 0 Å². The van der Waals surface area contributed by atoms with Crippen LogP contribution in [0.4, 0.5) is 24.9 Å². The van der Waals surface area contributed by atoms with Crippen LogP contribution < -0.4 is 9.80 Å². The Morgan fingerprint density at radius 2 is 1.50 bits per heavy atom. The summed E-state index contributed by atoms with van der Waals surface area (Å²) in [7, 11) is 0. The zero-order chi connectivity index (χ0) is 18.1. The van der Waals surface area contributed by atoms with Crippen molar-refractivity contribution >= 4 is 22.8 Å². The van der Waals surface area contributed by atoms with Crippen molar-refractivity contribution in [3.63, 3.8) is 0 Å². The molecule has 0 saturated carbocycles. The Labute approximate surface area is 147 Å². The molecule has 1 aromatic carbocycles. The first-order valence-corrected chi connectivity index (χ1v) is 8.13. The van der Waals surface area contributed by atoms with Gasteiger partial charge in [0.2, 0.25) is 5.95 Å². The molecule has 0 amide bonds. The van der Waals surface area contributed by atoms with Crippen molar-refractivity contribution in [1.29, 1.82) is 0 Å². The largest absolute Gasteiger partial charge is 0.433 e. The Morgan fingerprint density at radius 1 is 0.808 bits per heavy atom. The van der Waals surface area contributed by atoms with Crippen LogP contribution in [0.2, 0.25) is 0 Å². The molecular formula is C17H15F3N6. The number of benzene rings is 1. The molecular weight excluding hydrogens is 345 g/mol. The van der Waals surface area contributed by atoms with Crippen molar-refractivity contribution in [1.82, 2.24) is 19.9 Å². The van der Waals surface area contributed by atoms with Gasteiger partial charge in [-0.1, -0.05) is 12.1 Å². The number of piperazine rings is 1. The van der Waals surface area contributed by atoms with E-state index in [0.717, 1.165) is 29.1 Å². The van der Waals surface area contributed by atoms with E-state index in [4.69, 9.17) is 0 Å². The number of hydrogen-bond donors (Lipinski definition) is 0. The van der Waals surface area contributed by atoms with Crippen LogP contribution in [0.3, 0.4) is 0 Å². The average Bonchev–Trinajstić information content (AvgIpc) is 2.67. The van der Waals surface area contributed by atoms with Crippen LogP contribution in [0, 0.1) is 0 Å². The minimum absolute atomic E-state index is 0.101. The summed E-state index contributed by atoms with van der Waals surface area (Å²) < 4.78 is 38.4. The molecule has 1 aliphatic rings. The smallest absolute Gasteiger partial charge is 0.352 e. The molecule has 134 valence electrons. The number of aromatic nitrogens is 4. The lowest BCUT2D eigenvalue weighted by Gasteiger charge is -2.35.